The first-order chi connectivity index (χ1) is 11.4. The fraction of sp³-hybridized carbons (Fsp3) is 0.222. The molecule has 0 aliphatic carbocycles. The van der Waals surface area contributed by atoms with Crippen molar-refractivity contribution >= 4 is 23.8 Å². The molecule has 0 aliphatic rings. The van der Waals surface area contributed by atoms with Crippen LogP contribution in [0.4, 0.5) is 5.69 Å². The van der Waals surface area contributed by atoms with Crippen molar-refractivity contribution in [3.05, 3.63) is 69.0 Å². The lowest BCUT2D eigenvalue weighted by Gasteiger charge is -2.07. The van der Waals surface area contributed by atoms with E-state index in [0.717, 1.165) is 0 Å². The molecule has 124 valence electrons. The molecule has 0 unspecified atom stereocenters. The monoisotopic (exact) mass is 326 g/mol. The number of nitro benzene ring substituents is 1. The van der Waals surface area contributed by atoms with E-state index in [1.165, 1.54) is 13.3 Å². The Morgan fingerprint density at radius 2 is 2.00 bits per heavy atom. The van der Waals surface area contributed by atoms with Gasteiger partial charge in [0.1, 0.15) is 0 Å². The SMILES string of the molecule is COC(=O)c1ccc(C=Cc2ccc(C(C)C)c([N+](=O)[O-])c2)nc1. The second-order valence-electron chi connectivity index (χ2n) is 5.53. The summed E-state index contributed by atoms with van der Waals surface area (Å²) in [6.07, 6.45) is 4.90. The highest BCUT2D eigenvalue weighted by Gasteiger charge is 2.16. The number of methoxy groups -OCH3 is 1. The molecule has 6 heteroatoms. The lowest BCUT2D eigenvalue weighted by Crippen LogP contribution is -2.01. The van der Waals surface area contributed by atoms with E-state index >= 15 is 0 Å². The second kappa shape index (κ2) is 7.50. The first-order valence-electron chi connectivity index (χ1n) is 7.43. The Kier molecular flexibility index (Phi) is 5.42. The van der Waals surface area contributed by atoms with Crippen LogP contribution < -0.4 is 0 Å². The van der Waals surface area contributed by atoms with Gasteiger partial charge in [-0.15, -0.1) is 0 Å². The molecule has 0 saturated heterocycles. The zero-order valence-electron chi connectivity index (χ0n) is 13.7. The molecule has 0 saturated carbocycles. The Bertz CT molecular complexity index is 780. The maximum Gasteiger partial charge on any atom is 0.339 e. The molecule has 2 aromatic rings. The molecule has 1 heterocycles. The number of nitro groups is 1. The van der Waals surface area contributed by atoms with Crippen molar-refractivity contribution in [1.29, 1.82) is 0 Å². The molecule has 2 rings (SSSR count). The maximum absolute atomic E-state index is 11.3. The van der Waals surface area contributed by atoms with Crippen LogP contribution in [-0.2, 0) is 4.74 Å². The average molecular weight is 326 g/mol. The molecule has 0 fully saturated rings. The van der Waals surface area contributed by atoms with Crippen LogP contribution in [0.25, 0.3) is 12.2 Å². The lowest BCUT2D eigenvalue weighted by atomic mass is 9.99. The van der Waals surface area contributed by atoms with Crippen molar-refractivity contribution < 1.29 is 14.5 Å². The van der Waals surface area contributed by atoms with Gasteiger partial charge in [-0.25, -0.2) is 4.79 Å². The number of nitrogens with zero attached hydrogens (tertiary/aromatic N) is 2. The fourth-order valence-corrected chi connectivity index (χ4v) is 2.23. The molecule has 0 atom stereocenters. The van der Waals surface area contributed by atoms with E-state index in [2.05, 4.69) is 9.72 Å². The van der Waals surface area contributed by atoms with E-state index in [1.54, 1.807) is 36.4 Å². The normalized spacial score (nSPS) is 11.0. The quantitative estimate of drug-likeness (QED) is 0.470. The van der Waals surface area contributed by atoms with Crippen LogP contribution in [0.3, 0.4) is 0 Å². The van der Waals surface area contributed by atoms with E-state index in [-0.39, 0.29) is 16.5 Å². The number of aromatic nitrogens is 1. The minimum Gasteiger partial charge on any atom is -0.465 e. The summed E-state index contributed by atoms with van der Waals surface area (Å²) in [7, 11) is 1.31. The van der Waals surface area contributed by atoms with Gasteiger partial charge in [0.2, 0.25) is 0 Å². The molecule has 0 spiro atoms. The second-order valence-corrected chi connectivity index (χ2v) is 5.53. The minimum absolute atomic E-state index is 0.0796. The largest absolute Gasteiger partial charge is 0.465 e. The number of benzene rings is 1. The van der Waals surface area contributed by atoms with Crippen LogP contribution in [0.2, 0.25) is 0 Å². The van der Waals surface area contributed by atoms with Gasteiger partial charge in [0.15, 0.2) is 0 Å². The molecule has 1 aromatic carbocycles. The number of rotatable bonds is 5. The van der Waals surface area contributed by atoms with E-state index in [4.69, 9.17) is 0 Å². The third-order valence-corrected chi connectivity index (χ3v) is 3.53. The summed E-state index contributed by atoms with van der Waals surface area (Å²) in [5.74, 6) is -0.367. The van der Waals surface area contributed by atoms with E-state index in [0.29, 0.717) is 22.4 Å². The number of esters is 1. The predicted molar refractivity (Wildman–Crippen MR) is 91.7 cm³/mol. The first-order valence-corrected chi connectivity index (χ1v) is 7.43. The zero-order valence-corrected chi connectivity index (χ0v) is 13.7. The Morgan fingerprint density at radius 3 is 2.54 bits per heavy atom. The van der Waals surface area contributed by atoms with E-state index in [1.807, 2.05) is 19.9 Å². The first kappa shape index (κ1) is 17.3. The highest BCUT2D eigenvalue weighted by Crippen LogP contribution is 2.27. The van der Waals surface area contributed by atoms with Crippen molar-refractivity contribution in [1.82, 2.24) is 4.98 Å². The van der Waals surface area contributed by atoms with Gasteiger partial charge in [0, 0.05) is 17.8 Å². The summed E-state index contributed by atoms with van der Waals surface area (Å²) < 4.78 is 4.61. The summed E-state index contributed by atoms with van der Waals surface area (Å²) in [5, 5.41) is 11.2. The molecule has 0 amide bonds. The summed E-state index contributed by atoms with van der Waals surface area (Å²) in [5.41, 5.74) is 2.54. The van der Waals surface area contributed by atoms with Crippen molar-refractivity contribution in [3.63, 3.8) is 0 Å². The molecular weight excluding hydrogens is 308 g/mol. The lowest BCUT2D eigenvalue weighted by molar-refractivity contribution is -0.385. The van der Waals surface area contributed by atoms with Gasteiger partial charge < -0.3 is 4.74 Å². The van der Waals surface area contributed by atoms with Gasteiger partial charge in [0.05, 0.1) is 23.3 Å². The molecular formula is C18H18N2O4. The Hall–Kier alpha value is -3.02. The fourth-order valence-electron chi connectivity index (χ4n) is 2.23. The molecule has 0 radical (unpaired) electrons. The van der Waals surface area contributed by atoms with Crippen LogP contribution in [0.1, 0.15) is 46.9 Å². The van der Waals surface area contributed by atoms with E-state index < -0.39 is 5.97 Å². The number of pyridine rings is 1. The van der Waals surface area contributed by atoms with Gasteiger partial charge in [-0.2, -0.15) is 0 Å². The topological polar surface area (TPSA) is 82.3 Å². The number of hydrogen-bond acceptors (Lipinski definition) is 5. The Morgan fingerprint density at radius 1 is 1.25 bits per heavy atom. The van der Waals surface area contributed by atoms with Crippen LogP contribution >= 0.6 is 0 Å². The Labute approximate surface area is 140 Å². The predicted octanol–water partition coefficient (Wildman–Crippen LogP) is 4.07. The van der Waals surface area contributed by atoms with Gasteiger partial charge in [-0.3, -0.25) is 15.1 Å². The van der Waals surface area contributed by atoms with Crippen molar-refractivity contribution in [2.24, 2.45) is 0 Å². The highest BCUT2D eigenvalue weighted by molar-refractivity contribution is 5.89. The molecule has 24 heavy (non-hydrogen) atoms. The number of carbonyl (C=O) groups excluding carboxylic acids is 1. The third kappa shape index (κ3) is 4.04. The summed E-state index contributed by atoms with van der Waals surface area (Å²) in [6.45, 7) is 3.84. The number of carbonyl (C=O) groups is 1. The molecule has 0 bridgehead atoms. The summed E-state index contributed by atoms with van der Waals surface area (Å²) >= 11 is 0. The maximum atomic E-state index is 11.3. The number of hydrogen-bond donors (Lipinski definition) is 0. The molecule has 0 N–H and O–H groups in total. The van der Waals surface area contributed by atoms with Crippen molar-refractivity contribution in [2.45, 2.75) is 19.8 Å². The zero-order chi connectivity index (χ0) is 17.7. The highest BCUT2D eigenvalue weighted by atomic mass is 16.6. The van der Waals surface area contributed by atoms with Crippen LogP contribution in [0.15, 0.2) is 36.5 Å². The van der Waals surface area contributed by atoms with Gasteiger partial charge in [-0.1, -0.05) is 32.1 Å². The summed E-state index contributed by atoms with van der Waals surface area (Å²) in [6, 6.07) is 8.45. The van der Waals surface area contributed by atoms with Crippen LogP contribution in [0, 0.1) is 10.1 Å². The smallest absolute Gasteiger partial charge is 0.339 e. The van der Waals surface area contributed by atoms with Crippen molar-refractivity contribution in [3.8, 4) is 0 Å². The third-order valence-electron chi connectivity index (χ3n) is 3.53. The van der Waals surface area contributed by atoms with Crippen molar-refractivity contribution in [2.75, 3.05) is 7.11 Å². The van der Waals surface area contributed by atoms with Gasteiger partial charge in [0.25, 0.3) is 5.69 Å². The van der Waals surface area contributed by atoms with Crippen LogP contribution in [-0.4, -0.2) is 23.0 Å². The van der Waals surface area contributed by atoms with Gasteiger partial charge in [-0.05, 0) is 29.7 Å². The molecule has 1 aromatic heterocycles. The Balaban J connectivity index is 2.24. The molecule has 0 aliphatic heterocycles. The minimum atomic E-state index is -0.446. The van der Waals surface area contributed by atoms with Crippen LogP contribution in [0.5, 0.6) is 0 Å². The average Bonchev–Trinajstić information content (AvgIpc) is 2.59. The van der Waals surface area contributed by atoms with E-state index in [9.17, 15) is 14.9 Å². The summed E-state index contributed by atoms with van der Waals surface area (Å²) in [4.78, 5) is 26.3. The standard InChI is InChI=1S/C18H18N2O4/c1-12(2)16-9-5-13(10-17(16)20(22)23)4-7-15-8-6-14(11-19-15)18(21)24-3/h4-12H,1-3H3. The molecule has 6 nitrogen and oxygen atoms in total. The van der Waals surface area contributed by atoms with Gasteiger partial charge >= 0.3 is 5.97 Å². The number of ether oxygens (including phenoxy) is 1.